The van der Waals surface area contributed by atoms with E-state index in [2.05, 4.69) is 28.5 Å². The van der Waals surface area contributed by atoms with Gasteiger partial charge in [0.05, 0.1) is 12.7 Å². The number of aliphatic imine (C=N–C) groups is 1. The molecule has 0 heterocycles. The second kappa shape index (κ2) is 8.52. The molecule has 1 aliphatic rings. The summed E-state index contributed by atoms with van der Waals surface area (Å²) in [6, 6.07) is 13.7. The first-order chi connectivity index (χ1) is 12.7. The molecule has 0 amide bonds. The van der Waals surface area contributed by atoms with E-state index in [4.69, 9.17) is 10.5 Å². The molecule has 0 unspecified atom stereocenters. The highest BCUT2D eigenvalue weighted by molar-refractivity contribution is 5.93. The average molecular weight is 351 g/mol. The molecule has 2 aromatic carbocycles. The number of guanidine groups is 1. The topological polar surface area (TPSA) is 76.7 Å². The molecule has 136 valence electrons. The maximum atomic E-state index is 11.4. The fraction of sp³-hybridized carbons (Fsp3) is 0.333. The average Bonchev–Trinajstić information content (AvgIpc) is 2.68. The van der Waals surface area contributed by atoms with Crippen molar-refractivity contribution in [3.63, 3.8) is 0 Å². The lowest BCUT2D eigenvalue weighted by Gasteiger charge is -2.19. The van der Waals surface area contributed by atoms with Gasteiger partial charge in [0, 0.05) is 12.2 Å². The van der Waals surface area contributed by atoms with Gasteiger partial charge in [0.25, 0.3) is 0 Å². The van der Waals surface area contributed by atoms with Crippen LogP contribution in [-0.4, -0.2) is 25.6 Å². The van der Waals surface area contributed by atoms with Crippen LogP contribution >= 0.6 is 0 Å². The van der Waals surface area contributed by atoms with Crippen molar-refractivity contribution in [1.82, 2.24) is 0 Å². The van der Waals surface area contributed by atoms with Crippen molar-refractivity contribution in [2.45, 2.75) is 32.1 Å². The van der Waals surface area contributed by atoms with E-state index < -0.39 is 0 Å². The summed E-state index contributed by atoms with van der Waals surface area (Å²) >= 11 is 0. The van der Waals surface area contributed by atoms with Crippen molar-refractivity contribution in [1.29, 1.82) is 0 Å². The zero-order valence-electron chi connectivity index (χ0n) is 15.1. The predicted molar refractivity (Wildman–Crippen MR) is 105 cm³/mol. The fourth-order valence-corrected chi connectivity index (χ4v) is 3.31. The molecular weight excluding hydrogens is 326 g/mol. The zero-order valence-corrected chi connectivity index (χ0v) is 15.1. The van der Waals surface area contributed by atoms with Crippen molar-refractivity contribution in [2.24, 2.45) is 10.7 Å². The standard InChI is InChI=1S/C21H25N3O2/c1-26-20(25)17-11-9-15(10-12-17)13-14-23-21(22)24-19-8-4-6-16-5-2-3-7-18(16)19/h4,6,8-12H,2-3,5,7,13-14H2,1H3,(H3,22,23,24). The summed E-state index contributed by atoms with van der Waals surface area (Å²) in [4.78, 5) is 15.9. The van der Waals surface area contributed by atoms with Gasteiger partial charge in [-0.25, -0.2) is 4.79 Å². The Morgan fingerprint density at radius 2 is 1.92 bits per heavy atom. The number of carbonyl (C=O) groups is 1. The van der Waals surface area contributed by atoms with Crippen molar-refractivity contribution in [2.75, 3.05) is 19.0 Å². The van der Waals surface area contributed by atoms with Crippen LogP contribution in [0.25, 0.3) is 0 Å². The number of hydrogen-bond acceptors (Lipinski definition) is 3. The van der Waals surface area contributed by atoms with Crippen LogP contribution in [-0.2, 0) is 24.0 Å². The summed E-state index contributed by atoms with van der Waals surface area (Å²) in [5.74, 6) is 0.115. The van der Waals surface area contributed by atoms with Crippen LogP contribution in [0.3, 0.4) is 0 Å². The highest BCUT2D eigenvalue weighted by Crippen LogP contribution is 2.27. The van der Waals surface area contributed by atoms with Gasteiger partial charge in [-0.15, -0.1) is 0 Å². The highest BCUT2D eigenvalue weighted by atomic mass is 16.5. The smallest absolute Gasteiger partial charge is 0.337 e. The molecule has 0 radical (unpaired) electrons. The van der Waals surface area contributed by atoms with Crippen molar-refractivity contribution in [3.8, 4) is 0 Å². The van der Waals surface area contributed by atoms with Gasteiger partial charge in [0.2, 0.25) is 0 Å². The maximum Gasteiger partial charge on any atom is 0.337 e. The minimum Gasteiger partial charge on any atom is -0.465 e. The van der Waals surface area contributed by atoms with Crippen LogP contribution in [0.5, 0.6) is 0 Å². The van der Waals surface area contributed by atoms with Crippen LogP contribution in [0.1, 0.15) is 39.9 Å². The molecular formula is C21H25N3O2. The number of nitrogens with zero attached hydrogens (tertiary/aromatic N) is 1. The maximum absolute atomic E-state index is 11.4. The Balaban J connectivity index is 1.57. The number of aryl methyl sites for hydroxylation is 1. The number of esters is 1. The van der Waals surface area contributed by atoms with Crippen LogP contribution in [0, 0.1) is 0 Å². The molecule has 2 aromatic rings. The molecule has 0 saturated heterocycles. The Hall–Kier alpha value is -2.82. The molecule has 0 aromatic heterocycles. The molecule has 0 saturated carbocycles. The summed E-state index contributed by atoms with van der Waals surface area (Å²) in [5.41, 5.74) is 11.6. The van der Waals surface area contributed by atoms with Gasteiger partial charge >= 0.3 is 5.97 Å². The number of nitrogens with two attached hydrogens (primary N) is 1. The summed E-state index contributed by atoms with van der Waals surface area (Å²) in [6.45, 7) is 0.589. The molecule has 1 aliphatic carbocycles. The summed E-state index contributed by atoms with van der Waals surface area (Å²) in [6.07, 6.45) is 5.48. The number of anilines is 1. The number of benzene rings is 2. The number of carbonyl (C=O) groups excluding carboxylic acids is 1. The van der Waals surface area contributed by atoms with E-state index >= 15 is 0 Å². The van der Waals surface area contributed by atoms with Gasteiger partial charge < -0.3 is 15.8 Å². The summed E-state index contributed by atoms with van der Waals surface area (Å²) < 4.78 is 4.70. The van der Waals surface area contributed by atoms with Gasteiger partial charge in [-0.05, 0) is 67.0 Å². The van der Waals surface area contributed by atoms with Crippen LogP contribution in [0.4, 0.5) is 5.69 Å². The number of hydrogen-bond donors (Lipinski definition) is 2. The molecule has 0 spiro atoms. The molecule has 26 heavy (non-hydrogen) atoms. The number of fused-ring (bicyclic) bond motifs is 1. The molecule has 5 nitrogen and oxygen atoms in total. The quantitative estimate of drug-likeness (QED) is 0.492. The van der Waals surface area contributed by atoms with Gasteiger partial charge in [-0.1, -0.05) is 24.3 Å². The first kappa shape index (κ1) is 18.0. The minimum atomic E-state index is -0.325. The number of ether oxygens (including phenoxy) is 1. The van der Waals surface area contributed by atoms with Crippen LogP contribution in [0.15, 0.2) is 47.5 Å². The van der Waals surface area contributed by atoms with Gasteiger partial charge in [-0.2, -0.15) is 0 Å². The first-order valence-corrected chi connectivity index (χ1v) is 9.02. The molecule has 0 fully saturated rings. The molecule has 3 rings (SSSR count). The number of nitrogens with one attached hydrogen (secondary N) is 1. The van der Waals surface area contributed by atoms with E-state index in [0.717, 1.165) is 30.5 Å². The molecule has 0 atom stereocenters. The Kier molecular flexibility index (Phi) is 5.89. The summed E-state index contributed by atoms with van der Waals surface area (Å²) in [7, 11) is 1.38. The lowest BCUT2D eigenvalue weighted by Crippen LogP contribution is -2.24. The third-order valence-electron chi connectivity index (χ3n) is 4.72. The Bertz CT molecular complexity index is 797. The van der Waals surface area contributed by atoms with Gasteiger partial charge in [0.1, 0.15) is 0 Å². The van der Waals surface area contributed by atoms with Crippen molar-refractivity contribution < 1.29 is 9.53 Å². The molecule has 0 bridgehead atoms. The van der Waals surface area contributed by atoms with Crippen LogP contribution in [0.2, 0.25) is 0 Å². The number of methoxy groups -OCH3 is 1. The largest absolute Gasteiger partial charge is 0.465 e. The van der Waals surface area contributed by atoms with Crippen molar-refractivity contribution in [3.05, 3.63) is 64.7 Å². The SMILES string of the molecule is COC(=O)c1ccc(CCN=C(N)Nc2cccc3c2CCCC3)cc1. The normalized spacial score (nSPS) is 13.8. The van der Waals surface area contributed by atoms with Gasteiger partial charge in [-0.3, -0.25) is 4.99 Å². The lowest BCUT2D eigenvalue weighted by molar-refractivity contribution is 0.0600. The van der Waals surface area contributed by atoms with E-state index in [1.807, 2.05) is 12.1 Å². The fourth-order valence-electron chi connectivity index (χ4n) is 3.31. The minimum absolute atomic E-state index is 0.325. The molecule has 3 N–H and O–H groups in total. The monoisotopic (exact) mass is 351 g/mol. The number of rotatable bonds is 5. The van der Waals surface area contributed by atoms with E-state index in [1.165, 1.54) is 31.1 Å². The van der Waals surface area contributed by atoms with E-state index in [0.29, 0.717) is 18.1 Å². The Morgan fingerprint density at radius 3 is 2.69 bits per heavy atom. The Morgan fingerprint density at radius 1 is 1.15 bits per heavy atom. The predicted octanol–water partition coefficient (Wildman–Crippen LogP) is 3.32. The lowest BCUT2D eigenvalue weighted by atomic mass is 9.90. The Labute approximate surface area is 154 Å². The van der Waals surface area contributed by atoms with Gasteiger partial charge in [0.15, 0.2) is 5.96 Å². The first-order valence-electron chi connectivity index (χ1n) is 9.02. The third-order valence-corrected chi connectivity index (χ3v) is 4.72. The third kappa shape index (κ3) is 4.42. The second-order valence-corrected chi connectivity index (χ2v) is 6.48. The van der Waals surface area contributed by atoms with Crippen molar-refractivity contribution >= 4 is 17.6 Å². The van der Waals surface area contributed by atoms with Crippen LogP contribution < -0.4 is 11.1 Å². The molecule has 0 aliphatic heterocycles. The van der Waals surface area contributed by atoms with E-state index in [1.54, 1.807) is 12.1 Å². The zero-order chi connectivity index (χ0) is 18.4. The highest BCUT2D eigenvalue weighted by Gasteiger charge is 2.13. The van der Waals surface area contributed by atoms with E-state index in [-0.39, 0.29) is 5.97 Å². The second-order valence-electron chi connectivity index (χ2n) is 6.48. The molecule has 5 heteroatoms. The van der Waals surface area contributed by atoms with E-state index in [9.17, 15) is 4.79 Å². The summed E-state index contributed by atoms with van der Waals surface area (Å²) in [5, 5.41) is 3.25.